The molecule has 0 bridgehead atoms. The van der Waals surface area contributed by atoms with Crippen molar-refractivity contribution < 1.29 is 4.79 Å². The number of benzene rings is 2. The predicted octanol–water partition coefficient (Wildman–Crippen LogP) is 4.10. The first-order valence-corrected chi connectivity index (χ1v) is 7.32. The molecule has 0 atom stereocenters. The SMILES string of the molecule is N#CC1=C(c2ccc(CBr)cc2)c2ccccc2C1=O. The van der Waals surface area contributed by atoms with Crippen molar-refractivity contribution in [1.82, 2.24) is 0 Å². The topological polar surface area (TPSA) is 40.9 Å². The Balaban J connectivity index is 2.21. The normalized spacial score (nSPS) is 13.3. The Kier molecular flexibility index (Phi) is 3.25. The minimum absolute atomic E-state index is 0.178. The number of hydrogen-bond donors (Lipinski definition) is 0. The van der Waals surface area contributed by atoms with E-state index in [1.807, 2.05) is 42.5 Å². The molecule has 0 radical (unpaired) electrons. The van der Waals surface area contributed by atoms with E-state index in [9.17, 15) is 10.1 Å². The highest BCUT2D eigenvalue weighted by atomic mass is 79.9. The number of nitrogens with zero attached hydrogens (tertiary/aromatic N) is 1. The van der Waals surface area contributed by atoms with E-state index in [2.05, 4.69) is 22.0 Å². The van der Waals surface area contributed by atoms with Gasteiger partial charge in [0.05, 0.1) is 0 Å². The van der Waals surface area contributed by atoms with Gasteiger partial charge in [-0.25, -0.2) is 0 Å². The largest absolute Gasteiger partial charge is 0.288 e. The van der Waals surface area contributed by atoms with Crippen LogP contribution in [0.15, 0.2) is 54.1 Å². The van der Waals surface area contributed by atoms with Crippen molar-refractivity contribution >= 4 is 27.3 Å². The quantitative estimate of drug-likeness (QED) is 0.780. The third-order valence-electron chi connectivity index (χ3n) is 3.43. The minimum atomic E-state index is -0.178. The zero-order chi connectivity index (χ0) is 14.1. The van der Waals surface area contributed by atoms with Crippen LogP contribution in [0.2, 0.25) is 0 Å². The predicted molar refractivity (Wildman–Crippen MR) is 81.5 cm³/mol. The van der Waals surface area contributed by atoms with Gasteiger partial charge in [0, 0.05) is 16.5 Å². The lowest BCUT2D eigenvalue weighted by Crippen LogP contribution is -1.96. The summed E-state index contributed by atoms with van der Waals surface area (Å²) in [6.45, 7) is 0. The van der Waals surface area contributed by atoms with Crippen LogP contribution in [0.5, 0.6) is 0 Å². The van der Waals surface area contributed by atoms with Gasteiger partial charge >= 0.3 is 0 Å². The van der Waals surface area contributed by atoms with Crippen molar-refractivity contribution in [3.63, 3.8) is 0 Å². The van der Waals surface area contributed by atoms with E-state index in [-0.39, 0.29) is 11.4 Å². The molecule has 0 aliphatic heterocycles. The molecule has 0 aromatic heterocycles. The Morgan fingerprint density at radius 3 is 2.25 bits per heavy atom. The number of alkyl halides is 1. The first kappa shape index (κ1) is 12.8. The number of fused-ring (bicyclic) bond motifs is 1. The maximum Gasteiger partial charge on any atom is 0.204 e. The number of carbonyl (C=O) groups is 1. The number of carbonyl (C=O) groups excluding carboxylic acids is 1. The Labute approximate surface area is 125 Å². The van der Waals surface area contributed by atoms with Crippen LogP contribution in [0.25, 0.3) is 5.57 Å². The van der Waals surface area contributed by atoms with E-state index in [1.54, 1.807) is 6.07 Å². The van der Waals surface area contributed by atoms with Crippen LogP contribution in [0.4, 0.5) is 0 Å². The molecule has 2 aromatic rings. The third kappa shape index (κ3) is 1.90. The fourth-order valence-corrected chi connectivity index (χ4v) is 2.82. The van der Waals surface area contributed by atoms with Crippen molar-refractivity contribution in [2.75, 3.05) is 0 Å². The minimum Gasteiger partial charge on any atom is -0.288 e. The zero-order valence-corrected chi connectivity index (χ0v) is 12.1. The molecule has 0 amide bonds. The lowest BCUT2D eigenvalue weighted by atomic mass is 9.97. The van der Waals surface area contributed by atoms with Crippen LogP contribution in [-0.2, 0) is 5.33 Å². The molecular formula is C17H10BrNO. The van der Waals surface area contributed by atoms with E-state index < -0.39 is 0 Å². The van der Waals surface area contributed by atoms with Gasteiger partial charge in [0.25, 0.3) is 0 Å². The van der Waals surface area contributed by atoms with Crippen molar-refractivity contribution in [3.8, 4) is 6.07 Å². The van der Waals surface area contributed by atoms with Crippen molar-refractivity contribution in [3.05, 3.63) is 76.4 Å². The molecule has 0 fully saturated rings. The average molecular weight is 324 g/mol. The number of nitriles is 1. The average Bonchev–Trinajstić information content (AvgIpc) is 2.80. The second-order valence-corrected chi connectivity index (χ2v) is 5.13. The molecule has 3 rings (SSSR count). The molecule has 1 aliphatic carbocycles. The van der Waals surface area contributed by atoms with Gasteiger partial charge in [0.15, 0.2) is 0 Å². The summed E-state index contributed by atoms with van der Waals surface area (Å²) < 4.78 is 0. The fourth-order valence-electron chi connectivity index (χ4n) is 2.45. The second-order valence-electron chi connectivity index (χ2n) is 4.57. The van der Waals surface area contributed by atoms with Crippen LogP contribution in [0.1, 0.15) is 27.0 Å². The van der Waals surface area contributed by atoms with Gasteiger partial charge in [-0.05, 0) is 16.7 Å². The molecule has 2 aromatic carbocycles. The molecule has 0 unspecified atom stereocenters. The maximum absolute atomic E-state index is 12.2. The summed E-state index contributed by atoms with van der Waals surface area (Å²) in [7, 11) is 0. The van der Waals surface area contributed by atoms with Crippen molar-refractivity contribution in [2.24, 2.45) is 0 Å². The summed E-state index contributed by atoms with van der Waals surface area (Å²) in [5.74, 6) is -0.178. The molecule has 3 heteroatoms. The highest BCUT2D eigenvalue weighted by Crippen LogP contribution is 2.37. The Hall–Kier alpha value is -2.18. The number of halogens is 1. The molecule has 2 nitrogen and oxygen atoms in total. The molecule has 0 heterocycles. The van der Waals surface area contributed by atoms with Gasteiger partial charge in [0.2, 0.25) is 5.78 Å². The third-order valence-corrected chi connectivity index (χ3v) is 4.07. The fraction of sp³-hybridized carbons (Fsp3) is 0.0588. The van der Waals surface area contributed by atoms with E-state index in [0.717, 1.165) is 27.6 Å². The van der Waals surface area contributed by atoms with Crippen molar-refractivity contribution in [2.45, 2.75) is 5.33 Å². The molecule has 0 saturated carbocycles. The van der Waals surface area contributed by atoms with Gasteiger partial charge in [-0.1, -0.05) is 64.5 Å². The van der Waals surface area contributed by atoms with E-state index in [1.165, 1.54) is 0 Å². The van der Waals surface area contributed by atoms with E-state index in [0.29, 0.717) is 5.56 Å². The summed E-state index contributed by atoms with van der Waals surface area (Å²) in [4.78, 5) is 12.2. The van der Waals surface area contributed by atoms with Gasteiger partial charge in [0.1, 0.15) is 11.6 Å². The Morgan fingerprint density at radius 1 is 1.00 bits per heavy atom. The first-order chi connectivity index (χ1) is 9.76. The Morgan fingerprint density at radius 2 is 1.65 bits per heavy atom. The standard InChI is InChI=1S/C17H10BrNO/c18-9-11-5-7-12(8-6-11)16-13-3-1-2-4-14(13)17(20)15(16)10-19/h1-8H,9H2. The summed E-state index contributed by atoms with van der Waals surface area (Å²) in [5.41, 5.74) is 4.51. The number of allylic oxidation sites excluding steroid dienone is 1. The molecule has 96 valence electrons. The second kappa shape index (κ2) is 5.07. The maximum atomic E-state index is 12.2. The highest BCUT2D eigenvalue weighted by molar-refractivity contribution is 9.08. The van der Waals surface area contributed by atoms with Crippen LogP contribution in [0, 0.1) is 11.3 Å². The van der Waals surface area contributed by atoms with Crippen molar-refractivity contribution in [1.29, 1.82) is 5.26 Å². The lowest BCUT2D eigenvalue weighted by molar-refractivity contribution is 0.104. The molecule has 0 spiro atoms. The smallest absolute Gasteiger partial charge is 0.204 e. The van der Waals surface area contributed by atoms with Crippen LogP contribution in [-0.4, -0.2) is 5.78 Å². The summed E-state index contributed by atoms with van der Waals surface area (Å²) in [5, 5.41) is 10.1. The molecule has 0 saturated heterocycles. The van der Waals surface area contributed by atoms with E-state index in [4.69, 9.17) is 0 Å². The van der Waals surface area contributed by atoms with Gasteiger partial charge in [-0.3, -0.25) is 4.79 Å². The number of Topliss-reactive ketones (excluding diaryl/α,β-unsaturated/α-hetero) is 1. The van der Waals surface area contributed by atoms with Crippen LogP contribution < -0.4 is 0 Å². The molecular weight excluding hydrogens is 314 g/mol. The highest BCUT2D eigenvalue weighted by Gasteiger charge is 2.29. The summed E-state index contributed by atoms with van der Waals surface area (Å²) in [6.07, 6.45) is 0. The number of ketones is 1. The molecule has 1 aliphatic rings. The summed E-state index contributed by atoms with van der Waals surface area (Å²) >= 11 is 3.41. The monoisotopic (exact) mass is 323 g/mol. The van der Waals surface area contributed by atoms with Crippen LogP contribution >= 0.6 is 15.9 Å². The zero-order valence-electron chi connectivity index (χ0n) is 10.6. The first-order valence-electron chi connectivity index (χ1n) is 6.20. The van der Waals surface area contributed by atoms with Gasteiger partial charge in [-0.15, -0.1) is 0 Å². The summed E-state index contributed by atoms with van der Waals surface area (Å²) in [6, 6.07) is 17.3. The van der Waals surface area contributed by atoms with Gasteiger partial charge < -0.3 is 0 Å². The molecule has 20 heavy (non-hydrogen) atoms. The number of rotatable bonds is 2. The lowest BCUT2D eigenvalue weighted by Gasteiger charge is -2.06. The Bertz CT molecular complexity index is 766. The molecule has 0 N–H and O–H groups in total. The van der Waals surface area contributed by atoms with Crippen LogP contribution in [0.3, 0.4) is 0 Å². The van der Waals surface area contributed by atoms with Gasteiger partial charge in [-0.2, -0.15) is 5.26 Å². The van der Waals surface area contributed by atoms with E-state index >= 15 is 0 Å². The number of hydrogen-bond acceptors (Lipinski definition) is 2.